The molecule has 0 radical (unpaired) electrons. The first kappa shape index (κ1) is 16.0. The molecular formula is C17H20FN3OS. The minimum atomic E-state index is -0.263. The fourth-order valence-corrected chi connectivity index (χ4v) is 3.04. The van der Waals surface area contributed by atoms with Crippen molar-refractivity contribution in [1.29, 1.82) is 0 Å². The van der Waals surface area contributed by atoms with Crippen molar-refractivity contribution in [3.05, 3.63) is 54.2 Å². The molecule has 1 aliphatic heterocycles. The summed E-state index contributed by atoms with van der Waals surface area (Å²) < 4.78 is 18.5. The maximum atomic E-state index is 12.9. The molecular weight excluding hydrogens is 313 g/mol. The monoisotopic (exact) mass is 333 g/mol. The van der Waals surface area contributed by atoms with Gasteiger partial charge in [0.25, 0.3) is 0 Å². The van der Waals surface area contributed by atoms with E-state index in [0.29, 0.717) is 11.7 Å². The van der Waals surface area contributed by atoms with Crippen LogP contribution in [0.1, 0.15) is 24.6 Å². The number of benzene rings is 1. The van der Waals surface area contributed by atoms with Crippen LogP contribution in [-0.2, 0) is 0 Å². The van der Waals surface area contributed by atoms with Gasteiger partial charge in [-0.2, -0.15) is 0 Å². The van der Waals surface area contributed by atoms with Gasteiger partial charge in [-0.25, -0.2) is 4.39 Å². The van der Waals surface area contributed by atoms with Crippen molar-refractivity contribution < 1.29 is 8.81 Å². The lowest BCUT2D eigenvalue weighted by Crippen LogP contribution is -2.38. The molecule has 2 heterocycles. The average Bonchev–Trinajstić information content (AvgIpc) is 3.24. The zero-order valence-electron chi connectivity index (χ0n) is 12.8. The van der Waals surface area contributed by atoms with E-state index in [1.54, 1.807) is 18.4 Å². The lowest BCUT2D eigenvalue weighted by molar-refractivity contribution is 0.216. The molecule has 0 aliphatic carbocycles. The molecule has 0 saturated carbocycles. The summed E-state index contributed by atoms with van der Waals surface area (Å²) in [5.74, 6) is 0.685. The summed E-state index contributed by atoms with van der Waals surface area (Å²) in [5, 5.41) is 6.82. The van der Waals surface area contributed by atoms with Gasteiger partial charge in [0.1, 0.15) is 11.6 Å². The van der Waals surface area contributed by atoms with Gasteiger partial charge in [0, 0.05) is 12.2 Å². The number of hydrogen-bond donors (Lipinski definition) is 2. The van der Waals surface area contributed by atoms with Gasteiger partial charge in [-0.15, -0.1) is 0 Å². The Kier molecular flexibility index (Phi) is 5.25. The van der Waals surface area contributed by atoms with Crippen molar-refractivity contribution in [2.45, 2.75) is 18.9 Å². The summed E-state index contributed by atoms with van der Waals surface area (Å²) in [6.45, 7) is 2.82. The Morgan fingerprint density at radius 1 is 1.22 bits per heavy atom. The third-order valence-electron chi connectivity index (χ3n) is 4.01. The number of nitrogens with one attached hydrogen (secondary N) is 2. The Labute approximate surface area is 140 Å². The van der Waals surface area contributed by atoms with Crippen LogP contribution in [0.4, 0.5) is 10.1 Å². The lowest BCUT2D eigenvalue weighted by atomic mass is 10.2. The predicted octanol–water partition coefficient (Wildman–Crippen LogP) is 3.54. The number of halogens is 1. The molecule has 1 fully saturated rings. The topological polar surface area (TPSA) is 40.4 Å². The number of likely N-dealkylation sites (tertiary alicyclic amines) is 1. The molecule has 6 heteroatoms. The predicted molar refractivity (Wildman–Crippen MR) is 92.9 cm³/mol. The van der Waals surface area contributed by atoms with Gasteiger partial charge in [-0.3, -0.25) is 4.90 Å². The first-order valence-electron chi connectivity index (χ1n) is 7.80. The SMILES string of the molecule is Fc1ccc(NC(=S)NC[C@H](c2ccco2)N2CCCC2)cc1. The van der Waals surface area contributed by atoms with Crippen molar-refractivity contribution in [1.82, 2.24) is 10.2 Å². The van der Waals surface area contributed by atoms with Crippen molar-refractivity contribution in [3.8, 4) is 0 Å². The molecule has 0 amide bonds. The molecule has 23 heavy (non-hydrogen) atoms. The van der Waals surface area contributed by atoms with E-state index in [0.717, 1.165) is 24.5 Å². The maximum Gasteiger partial charge on any atom is 0.170 e. The van der Waals surface area contributed by atoms with Crippen molar-refractivity contribution in [2.75, 3.05) is 25.0 Å². The number of nitrogens with zero attached hydrogens (tertiary/aromatic N) is 1. The molecule has 0 bridgehead atoms. The largest absolute Gasteiger partial charge is 0.468 e. The van der Waals surface area contributed by atoms with Crippen molar-refractivity contribution in [3.63, 3.8) is 0 Å². The molecule has 0 spiro atoms. The smallest absolute Gasteiger partial charge is 0.170 e. The molecule has 0 unspecified atom stereocenters. The third-order valence-corrected chi connectivity index (χ3v) is 4.26. The second-order valence-electron chi connectivity index (χ2n) is 5.62. The molecule has 3 rings (SSSR count). The highest BCUT2D eigenvalue weighted by atomic mass is 32.1. The van der Waals surface area contributed by atoms with E-state index in [4.69, 9.17) is 16.6 Å². The van der Waals surface area contributed by atoms with E-state index in [1.165, 1.54) is 25.0 Å². The standard InChI is InChI=1S/C17H20FN3OS/c18-13-5-7-14(8-6-13)20-17(23)19-12-15(16-4-3-11-22-16)21-9-1-2-10-21/h3-8,11,15H,1-2,9-10,12H2,(H2,19,20,23)/t15-/m1/s1. The summed E-state index contributed by atoms with van der Waals surface area (Å²) in [6, 6.07) is 10.2. The fourth-order valence-electron chi connectivity index (χ4n) is 2.84. The first-order chi connectivity index (χ1) is 11.2. The summed E-state index contributed by atoms with van der Waals surface area (Å²) in [4.78, 5) is 2.41. The molecule has 1 aromatic carbocycles. The van der Waals surface area contributed by atoms with Gasteiger partial charge in [-0.1, -0.05) is 0 Å². The zero-order valence-corrected chi connectivity index (χ0v) is 13.6. The second-order valence-corrected chi connectivity index (χ2v) is 6.02. The Balaban J connectivity index is 1.57. The summed E-state index contributed by atoms with van der Waals surface area (Å²) in [6.07, 6.45) is 4.14. The van der Waals surface area contributed by atoms with Crippen LogP contribution in [0, 0.1) is 5.82 Å². The van der Waals surface area contributed by atoms with E-state index in [9.17, 15) is 4.39 Å². The van der Waals surface area contributed by atoms with Crippen LogP contribution in [-0.4, -0.2) is 29.6 Å². The molecule has 1 aliphatic rings. The average molecular weight is 333 g/mol. The van der Waals surface area contributed by atoms with Gasteiger partial charge in [-0.05, 0) is 74.5 Å². The van der Waals surface area contributed by atoms with E-state index in [-0.39, 0.29) is 11.9 Å². The Hall–Kier alpha value is -1.92. The van der Waals surface area contributed by atoms with Gasteiger partial charge in [0.05, 0.1) is 12.3 Å². The minimum absolute atomic E-state index is 0.167. The maximum absolute atomic E-state index is 12.9. The van der Waals surface area contributed by atoms with Crippen LogP contribution in [0.3, 0.4) is 0 Å². The Morgan fingerprint density at radius 3 is 2.61 bits per heavy atom. The van der Waals surface area contributed by atoms with Crippen LogP contribution in [0.5, 0.6) is 0 Å². The summed E-state index contributed by atoms with van der Waals surface area (Å²) in [5.41, 5.74) is 0.764. The van der Waals surface area contributed by atoms with E-state index in [2.05, 4.69) is 15.5 Å². The molecule has 2 N–H and O–H groups in total. The minimum Gasteiger partial charge on any atom is -0.468 e. The number of rotatable bonds is 5. The second kappa shape index (κ2) is 7.57. The highest BCUT2D eigenvalue weighted by Gasteiger charge is 2.25. The highest BCUT2D eigenvalue weighted by Crippen LogP contribution is 2.24. The Bertz CT molecular complexity index is 624. The number of furan rings is 1. The molecule has 4 nitrogen and oxygen atoms in total. The summed E-state index contributed by atoms with van der Waals surface area (Å²) in [7, 11) is 0. The van der Waals surface area contributed by atoms with Crippen LogP contribution < -0.4 is 10.6 Å². The van der Waals surface area contributed by atoms with Crippen LogP contribution in [0.2, 0.25) is 0 Å². The van der Waals surface area contributed by atoms with Crippen molar-refractivity contribution in [2.24, 2.45) is 0 Å². The lowest BCUT2D eigenvalue weighted by Gasteiger charge is -2.26. The van der Waals surface area contributed by atoms with Gasteiger partial charge >= 0.3 is 0 Å². The zero-order chi connectivity index (χ0) is 16.1. The van der Waals surface area contributed by atoms with E-state index in [1.807, 2.05) is 12.1 Å². The molecule has 122 valence electrons. The van der Waals surface area contributed by atoms with Crippen molar-refractivity contribution >= 4 is 23.0 Å². The molecule has 1 saturated heterocycles. The fraction of sp³-hybridized carbons (Fsp3) is 0.353. The Morgan fingerprint density at radius 2 is 1.96 bits per heavy atom. The number of anilines is 1. The van der Waals surface area contributed by atoms with E-state index >= 15 is 0 Å². The van der Waals surface area contributed by atoms with Crippen LogP contribution in [0.25, 0.3) is 0 Å². The van der Waals surface area contributed by atoms with E-state index < -0.39 is 0 Å². The third kappa shape index (κ3) is 4.30. The summed E-state index contributed by atoms with van der Waals surface area (Å²) >= 11 is 5.33. The first-order valence-corrected chi connectivity index (χ1v) is 8.21. The highest BCUT2D eigenvalue weighted by molar-refractivity contribution is 7.80. The quantitative estimate of drug-likeness (QED) is 0.819. The van der Waals surface area contributed by atoms with Crippen LogP contribution >= 0.6 is 12.2 Å². The number of thiocarbonyl (C=S) groups is 1. The van der Waals surface area contributed by atoms with Gasteiger partial charge < -0.3 is 15.1 Å². The van der Waals surface area contributed by atoms with Gasteiger partial charge in [0.2, 0.25) is 0 Å². The molecule has 1 atom stereocenters. The molecule has 2 aromatic rings. The molecule has 1 aromatic heterocycles. The number of hydrogen-bond acceptors (Lipinski definition) is 3. The normalized spacial score (nSPS) is 16.2. The van der Waals surface area contributed by atoms with Gasteiger partial charge in [0.15, 0.2) is 5.11 Å². The van der Waals surface area contributed by atoms with Crippen LogP contribution in [0.15, 0.2) is 47.1 Å².